The lowest BCUT2D eigenvalue weighted by Crippen LogP contribution is -2.48. The predicted octanol–water partition coefficient (Wildman–Crippen LogP) is 3.00. The highest BCUT2D eigenvalue weighted by Gasteiger charge is 2.25. The van der Waals surface area contributed by atoms with E-state index >= 15 is 0 Å². The highest BCUT2D eigenvalue weighted by Crippen LogP contribution is 2.24. The summed E-state index contributed by atoms with van der Waals surface area (Å²) in [7, 11) is 0. The molecule has 1 aromatic carbocycles. The molecule has 0 saturated carbocycles. The summed E-state index contributed by atoms with van der Waals surface area (Å²) in [5, 5.41) is 0. The van der Waals surface area contributed by atoms with Gasteiger partial charge in [-0.2, -0.15) is 0 Å². The molecule has 2 aliphatic rings. The van der Waals surface area contributed by atoms with Gasteiger partial charge in [0, 0.05) is 25.0 Å². The van der Waals surface area contributed by atoms with Gasteiger partial charge in [-0.05, 0) is 42.9 Å². The second kappa shape index (κ2) is 5.82. The highest BCUT2D eigenvalue weighted by atomic mass is 35.5. The molecule has 1 saturated heterocycles. The summed E-state index contributed by atoms with van der Waals surface area (Å²) in [6.45, 7) is 4.99. The second-order valence-electron chi connectivity index (χ2n) is 5.84. The van der Waals surface area contributed by atoms with Gasteiger partial charge in [-0.3, -0.25) is 4.90 Å². The van der Waals surface area contributed by atoms with Gasteiger partial charge >= 0.3 is 0 Å². The third-order valence-electron chi connectivity index (χ3n) is 4.36. The molecule has 0 aromatic heterocycles. The number of alkyl halides is 1. The number of benzene rings is 1. The Hall–Kier alpha value is -0.570. The van der Waals surface area contributed by atoms with Crippen molar-refractivity contribution >= 4 is 11.6 Å². The molecular weight excluding hydrogens is 258 g/mol. The van der Waals surface area contributed by atoms with E-state index in [-0.39, 0.29) is 6.10 Å². The van der Waals surface area contributed by atoms with Crippen molar-refractivity contribution in [3.63, 3.8) is 0 Å². The minimum atomic E-state index is 0.187. The number of halogens is 1. The van der Waals surface area contributed by atoms with Crippen molar-refractivity contribution < 1.29 is 4.74 Å². The SMILES string of the molecule is CC1COC(CCl)CN1Cc1ccc2c(c1)CCC2. The molecule has 19 heavy (non-hydrogen) atoms. The minimum absolute atomic E-state index is 0.187. The Kier molecular flexibility index (Phi) is 4.11. The van der Waals surface area contributed by atoms with E-state index in [0.717, 1.165) is 19.7 Å². The third kappa shape index (κ3) is 2.96. The number of aryl methyl sites for hydroxylation is 2. The second-order valence-corrected chi connectivity index (χ2v) is 6.15. The number of fused-ring (bicyclic) bond motifs is 1. The van der Waals surface area contributed by atoms with Crippen LogP contribution in [0.5, 0.6) is 0 Å². The van der Waals surface area contributed by atoms with Gasteiger partial charge < -0.3 is 4.74 Å². The van der Waals surface area contributed by atoms with Gasteiger partial charge in [-0.1, -0.05) is 18.2 Å². The minimum Gasteiger partial charge on any atom is -0.374 e. The lowest BCUT2D eigenvalue weighted by atomic mass is 10.1. The first-order valence-corrected chi connectivity index (χ1v) is 7.82. The van der Waals surface area contributed by atoms with Crippen LogP contribution in [0, 0.1) is 0 Å². The van der Waals surface area contributed by atoms with E-state index in [1.165, 1.54) is 24.8 Å². The van der Waals surface area contributed by atoms with Crippen molar-refractivity contribution in [2.45, 2.75) is 44.9 Å². The Morgan fingerprint density at radius 2 is 2.16 bits per heavy atom. The molecule has 1 aliphatic heterocycles. The summed E-state index contributed by atoms with van der Waals surface area (Å²) in [6.07, 6.45) is 4.03. The van der Waals surface area contributed by atoms with E-state index in [0.29, 0.717) is 11.9 Å². The number of nitrogens with zero attached hydrogens (tertiary/aromatic N) is 1. The van der Waals surface area contributed by atoms with Crippen LogP contribution in [0.1, 0.15) is 30.0 Å². The lowest BCUT2D eigenvalue weighted by Gasteiger charge is -2.37. The molecule has 1 aliphatic carbocycles. The standard InChI is InChI=1S/C16H22ClNO/c1-12-11-19-16(8-17)10-18(12)9-13-5-6-14-3-2-4-15(14)7-13/h5-7,12,16H,2-4,8-11H2,1H3. The summed E-state index contributed by atoms with van der Waals surface area (Å²) in [4.78, 5) is 2.49. The number of ether oxygens (including phenoxy) is 1. The van der Waals surface area contributed by atoms with Gasteiger partial charge in [-0.25, -0.2) is 0 Å². The summed E-state index contributed by atoms with van der Waals surface area (Å²) < 4.78 is 5.71. The molecule has 2 unspecified atom stereocenters. The fourth-order valence-electron chi connectivity index (χ4n) is 3.15. The Labute approximate surface area is 120 Å². The van der Waals surface area contributed by atoms with Gasteiger partial charge in [0.1, 0.15) is 0 Å². The molecule has 2 nitrogen and oxygen atoms in total. The molecule has 104 valence electrons. The zero-order valence-electron chi connectivity index (χ0n) is 11.6. The molecule has 0 amide bonds. The number of hydrogen-bond acceptors (Lipinski definition) is 2. The normalized spacial score (nSPS) is 27.5. The molecule has 2 atom stereocenters. The maximum atomic E-state index is 5.92. The molecule has 3 heteroatoms. The first-order valence-electron chi connectivity index (χ1n) is 7.28. The van der Waals surface area contributed by atoms with Crippen LogP contribution in [-0.2, 0) is 24.1 Å². The zero-order chi connectivity index (χ0) is 13.2. The van der Waals surface area contributed by atoms with Gasteiger partial charge in [-0.15, -0.1) is 11.6 Å². The molecule has 1 aromatic rings. The van der Waals surface area contributed by atoms with Crippen molar-refractivity contribution in [3.05, 3.63) is 34.9 Å². The van der Waals surface area contributed by atoms with Crippen LogP contribution in [-0.4, -0.2) is 36.1 Å². The van der Waals surface area contributed by atoms with Gasteiger partial charge in [0.2, 0.25) is 0 Å². The topological polar surface area (TPSA) is 12.5 Å². The monoisotopic (exact) mass is 279 g/mol. The first kappa shape index (κ1) is 13.4. The van der Waals surface area contributed by atoms with Crippen LogP contribution < -0.4 is 0 Å². The molecular formula is C16H22ClNO. The number of rotatable bonds is 3. The van der Waals surface area contributed by atoms with E-state index in [4.69, 9.17) is 16.3 Å². The predicted molar refractivity (Wildman–Crippen MR) is 78.8 cm³/mol. The van der Waals surface area contributed by atoms with Crippen molar-refractivity contribution in [2.24, 2.45) is 0 Å². The summed E-state index contributed by atoms with van der Waals surface area (Å²) in [6, 6.07) is 7.50. The largest absolute Gasteiger partial charge is 0.374 e. The quantitative estimate of drug-likeness (QED) is 0.789. The van der Waals surface area contributed by atoms with E-state index in [9.17, 15) is 0 Å². The van der Waals surface area contributed by atoms with Gasteiger partial charge in [0.15, 0.2) is 0 Å². The maximum absolute atomic E-state index is 5.92. The van der Waals surface area contributed by atoms with Gasteiger partial charge in [0.25, 0.3) is 0 Å². The maximum Gasteiger partial charge on any atom is 0.0838 e. The van der Waals surface area contributed by atoms with Crippen molar-refractivity contribution in [3.8, 4) is 0 Å². The smallest absolute Gasteiger partial charge is 0.0838 e. The Bertz CT molecular complexity index is 448. The summed E-state index contributed by atoms with van der Waals surface area (Å²) in [5.41, 5.74) is 4.55. The zero-order valence-corrected chi connectivity index (χ0v) is 12.3. The Balaban J connectivity index is 1.69. The van der Waals surface area contributed by atoms with Crippen LogP contribution in [0.4, 0.5) is 0 Å². The molecule has 0 N–H and O–H groups in total. The Morgan fingerprint density at radius 1 is 1.32 bits per heavy atom. The van der Waals surface area contributed by atoms with Crippen LogP contribution in [0.15, 0.2) is 18.2 Å². The van der Waals surface area contributed by atoms with E-state index in [1.54, 1.807) is 11.1 Å². The molecule has 1 fully saturated rings. The molecule has 0 bridgehead atoms. The first-order chi connectivity index (χ1) is 9.26. The molecule has 1 heterocycles. The van der Waals surface area contributed by atoms with Gasteiger partial charge in [0.05, 0.1) is 12.7 Å². The average molecular weight is 280 g/mol. The Morgan fingerprint density at radius 3 is 3.00 bits per heavy atom. The number of hydrogen-bond donors (Lipinski definition) is 0. The van der Waals surface area contributed by atoms with E-state index in [1.807, 2.05) is 0 Å². The molecule has 0 radical (unpaired) electrons. The summed E-state index contributed by atoms with van der Waals surface area (Å²) >= 11 is 5.92. The average Bonchev–Trinajstić information content (AvgIpc) is 2.89. The van der Waals surface area contributed by atoms with Crippen molar-refractivity contribution in [1.29, 1.82) is 0 Å². The number of morpholine rings is 1. The molecule has 3 rings (SSSR count). The lowest BCUT2D eigenvalue weighted by molar-refractivity contribution is -0.0510. The van der Waals surface area contributed by atoms with Crippen LogP contribution in [0.2, 0.25) is 0 Å². The fraction of sp³-hybridized carbons (Fsp3) is 0.625. The van der Waals surface area contributed by atoms with E-state index in [2.05, 4.69) is 30.0 Å². The fourth-order valence-corrected chi connectivity index (χ4v) is 3.33. The van der Waals surface area contributed by atoms with Crippen LogP contribution in [0.3, 0.4) is 0 Å². The summed E-state index contributed by atoms with van der Waals surface area (Å²) in [5.74, 6) is 0.591. The van der Waals surface area contributed by atoms with Crippen LogP contribution in [0.25, 0.3) is 0 Å². The third-order valence-corrected chi connectivity index (χ3v) is 4.70. The van der Waals surface area contributed by atoms with E-state index < -0.39 is 0 Å². The van der Waals surface area contributed by atoms with Crippen molar-refractivity contribution in [2.75, 3.05) is 19.0 Å². The highest BCUT2D eigenvalue weighted by molar-refractivity contribution is 6.18. The van der Waals surface area contributed by atoms with Crippen LogP contribution >= 0.6 is 11.6 Å². The van der Waals surface area contributed by atoms with Crippen molar-refractivity contribution in [1.82, 2.24) is 4.90 Å². The molecule has 0 spiro atoms.